The molecule has 1 heterocycles. The second-order valence-corrected chi connectivity index (χ2v) is 4.74. The Kier molecular flexibility index (Phi) is 2.06. The summed E-state index contributed by atoms with van der Waals surface area (Å²) in [5, 5.41) is 10.7. The van der Waals surface area contributed by atoms with Crippen LogP contribution >= 0.6 is 39.9 Å². The van der Waals surface area contributed by atoms with Gasteiger partial charge < -0.3 is 5.11 Å². The van der Waals surface area contributed by atoms with E-state index in [4.69, 9.17) is 0 Å². The van der Waals surface area contributed by atoms with E-state index in [-0.39, 0.29) is 0 Å². The van der Waals surface area contributed by atoms with Gasteiger partial charge in [-0.2, -0.15) is 0 Å². The molecular weight excluding hydrogens is 256 g/mol. The molecule has 1 N–H and O–H groups in total. The predicted octanol–water partition coefficient (Wildman–Crippen LogP) is 3.66. The summed E-state index contributed by atoms with van der Waals surface area (Å²) in [7, 11) is 0. The number of thiophene rings is 1. The molecule has 0 aliphatic heterocycles. The molecule has 0 radical (unpaired) electrons. The highest BCUT2D eigenvalue weighted by molar-refractivity contribution is 9.10. The summed E-state index contributed by atoms with van der Waals surface area (Å²) in [5.41, 5.74) is 0. The highest BCUT2D eigenvalue weighted by Gasteiger charge is 2.07. The summed E-state index contributed by atoms with van der Waals surface area (Å²) in [4.78, 5) is 0.913. The lowest BCUT2D eigenvalue weighted by Gasteiger charge is -1.90. The maximum Gasteiger partial charge on any atom is 0.186 e. The fourth-order valence-corrected chi connectivity index (χ4v) is 2.93. The van der Waals surface area contributed by atoms with Crippen LogP contribution in [0.3, 0.4) is 0 Å². The van der Waals surface area contributed by atoms with E-state index in [0.29, 0.717) is 5.06 Å². The van der Waals surface area contributed by atoms with Crippen molar-refractivity contribution in [3.8, 4) is 5.06 Å². The number of benzene rings is 1. The molecule has 0 aliphatic carbocycles. The summed E-state index contributed by atoms with van der Waals surface area (Å²) in [6.07, 6.45) is 0. The first-order valence-corrected chi connectivity index (χ1v) is 5.34. The van der Waals surface area contributed by atoms with E-state index in [0.717, 1.165) is 19.5 Å². The van der Waals surface area contributed by atoms with E-state index in [1.807, 2.05) is 18.2 Å². The Balaban J connectivity index is 2.87. The van der Waals surface area contributed by atoms with E-state index in [2.05, 4.69) is 28.6 Å². The van der Waals surface area contributed by atoms with Crippen LogP contribution in [0.25, 0.3) is 10.1 Å². The van der Waals surface area contributed by atoms with Crippen LogP contribution in [0.1, 0.15) is 0 Å². The molecule has 0 atom stereocenters. The van der Waals surface area contributed by atoms with E-state index in [1.54, 1.807) is 0 Å². The van der Waals surface area contributed by atoms with Gasteiger partial charge in [0.2, 0.25) is 0 Å². The lowest BCUT2D eigenvalue weighted by Crippen LogP contribution is -1.65. The quantitative estimate of drug-likeness (QED) is 0.693. The number of rotatable bonds is 0. The average molecular weight is 261 g/mol. The molecule has 0 unspecified atom stereocenters. The van der Waals surface area contributed by atoms with Gasteiger partial charge in [0, 0.05) is 15.0 Å². The first kappa shape index (κ1) is 8.41. The summed E-state index contributed by atoms with van der Waals surface area (Å²) in [6, 6.07) is 5.79. The third-order valence-electron chi connectivity index (χ3n) is 1.60. The first-order valence-electron chi connectivity index (χ1n) is 3.28. The van der Waals surface area contributed by atoms with E-state index in [9.17, 15) is 5.11 Å². The highest BCUT2D eigenvalue weighted by Crippen LogP contribution is 2.41. The molecule has 0 aliphatic rings. The number of hydrogen-bond acceptors (Lipinski definition) is 3. The highest BCUT2D eigenvalue weighted by atomic mass is 79.9. The van der Waals surface area contributed by atoms with Crippen LogP contribution in [0.15, 0.2) is 27.6 Å². The molecule has 0 fully saturated rings. The third-order valence-corrected chi connectivity index (χ3v) is 3.89. The minimum atomic E-state index is 0.323. The maximum atomic E-state index is 9.38. The van der Waals surface area contributed by atoms with Crippen LogP contribution in [-0.4, -0.2) is 5.11 Å². The molecule has 2 aromatic rings. The van der Waals surface area contributed by atoms with Crippen LogP contribution in [0.5, 0.6) is 5.06 Å². The monoisotopic (exact) mass is 260 g/mol. The van der Waals surface area contributed by atoms with Crippen molar-refractivity contribution in [1.29, 1.82) is 0 Å². The number of halogens is 1. The molecule has 1 nitrogen and oxygen atoms in total. The zero-order valence-corrected chi connectivity index (χ0v) is 9.21. The molecule has 0 spiro atoms. The summed E-state index contributed by atoms with van der Waals surface area (Å²) < 4.78 is 1.82. The Hall–Kier alpha value is -0.190. The van der Waals surface area contributed by atoms with Crippen molar-refractivity contribution in [2.45, 2.75) is 4.90 Å². The molecular formula is C8H5BrOS2. The van der Waals surface area contributed by atoms with Crippen LogP contribution in [0, 0.1) is 0 Å². The molecule has 0 amide bonds. The van der Waals surface area contributed by atoms with E-state index < -0.39 is 0 Å². The summed E-state index contributed by atoms with van der Waals surface area (Å²) in [6.45, 7) is 0. The minimum absolute atomic E-state index is 0.323. The van der Waals surface area contributed by atoms with Crippen molar-refractivity contribution in [1.82, 2.24) is 0 Å². The molecule has 4 heteroatoms. The van der Waals surface area contributed by atoms with E-state index in [1.165, 1.54) is 11.3 Å². The van der Waals surface area contributed by atoms with Crippen LogP contribution in [-0.2, 0) is 0 Å². The van der Waals surface area contributed by atoms with Gasteiger partial charge in [-0.3, -0.25) is 0 Å². The Bertz CT molecular complexity index is 436. The fraction of sp³-hybridized carbons (Fsp3) is 0. The van der Waals surface area contributed by atoms with Crippen LogP contribution < -0.4 is 0 Å². The first-order chi connectivity index (χ1) is 5.68. The van der Waals surface area contributed by atoms with Crippen LogP contribution in [0.4, 0.5) is 0 Å². The number of thiol groups is 1. The topological polar surface area (TPSA) is 20.2 Å². The van der Waals surface area contributed by atoms with E-state index >= 15 is 0 Å². The smallest absolute Gasteiger partial charge is 0.186 e. The Labute approximate surface area is 87.6 Å². The largest absolute Gasteiger partial charge is 0.499 e. The second-order valence-electron chi connectivity index (χ2n) is 2.40. The van der Waals surface area contributed by atoms with Gasteiger partial charge in [-0.1, -0.05) is 17.4 Å². The summed E-state index contributed by atoms with van der Waals surface area (Å²) >= 11 is 8.88. The number of fused-ring (bicyclic) bond motifs is 1. The Morgan fingerprint density at radius 1 is 1.42 bits per heavy atom. The molecule has 1 aromatic carbocycles. The van der Waals surface area contributed by atoms with Gasteiger partial charge in [-0.05, 0) is 28.1 Å². The van der Waals surface area contributed by atoms with Gasteiger partial charge in [-0.25, -0.2) is 0 Å². The molecule has 2 rings (SSSR count). The average Bonchev–Trinajstić information content (AvgIpc) is 2.28. The maximum absolute atomic E-state index is 9.38. The van der Waals surface area contributed by atoms with Gasteiger partial charge in [0.1, 0.15) is 0 Å². The Morgan fingerprint density at radius 3 is 2.92 bits per heavy atom. The third kappa shape index (κ3) is 1.24. The standard InChI is InChI=1S/C8H5BrOS2/c9-7-5-2-1-4(11)3-6(5)12-8(7)10/h1-3,10-11H. The second kappa shape index (κ2) is 2.94. The van der Waals surface area contributed by atoms with Gasteiger partial charge >= 0.3 is 0 Å². The zero-order chi connectivity index (χ0) is 8.72. The van der Waals surface area contributed by atoms with Gasteiger partial charge in [0.15, 0.2) is 5.06 Å². The molecule has 1 aromatic heterocycles. The Morgan fingerprint density at radius 2 is 2.17 bits per heavy atom. The SMILES string of the molecule is Oc1sc2cc(S)ccc2c1Br. The normalized spacial score (nSPS) is 10.8. The van der Waals surface area contributed by atoms with Crippen molar-refractivity contribution in [2.75, 3.05) is 0 Å². The molecule has 0 saturated carbocycles. The van der Waals surface area contributed by atoms with Crippen molar-refractivity contribution < 1.29 is 5.11 Å². The van der Waals surface area contributed by atoms with Gasteiger partial charge in [0.25, 0.3) is 0 Å². The van der Waals surface area contributed by atoms with Crippen molar-refractivity contribution in [2.24, 2.45) is 0 Å². The predicted molar refractivity (Wildman–Crippen MR) is 58.4 cm³/mol. The number of hydrogen-bond donors (Lipinski definition) is 2. The van der Waals surface area contributed by atoms with Crippen molar-refractivity contribution >= 4 is 50.0 Å². The zero-order valence-electron chi connectivity index (χ0n) is 5.91. The van der Waals surface area contributed by atoms with Crippen LogP contribution in [0.2, 0.25) is 0 Å². The minimum Gasteiger partial charge on any atom is -0.499 e. The molecule has 0 bridgehead atoms. The van der Waals surface area contributed by atoms with Crippen molar-refractivity contribution in [3.63, 3.8) is 0 Å². The lowest BCUT2D eigenvalue weighted by atomic mass is 10.3. The fourth-order valence-electron chi connectivity index (χ4n) is 1.04. The molecule has 62 valence electrons. The van der Waals surface area contributed by atoms with Crippen molar-refractivity contribution in [3.05, 3.63) is 22.7 Å². The molecule has 12 heavy (non-hydrogen) atoms. The number of aromatic hydroxyl groups is 1. The summed E-state index contributed by atoms with van der Waals surface area (Å²) in [5.74, 6) is 0. The van der Waals surface area contributed by atoms with Gasteiger partial charge in [-0.15, -0.1) is 12.6 Å². The lowest BCUT2D eigenvalue weighted by molar-refractivity contribution is 0.488. The van der Waals surface area contributed by atoms with Gasteiger partial charge in [0.05, 0.1) is 4.47 Å². The molecule has 0 saturated heterocycles.